The standard InChI is InChI=1S/C37H53BN8O12/c1-5-6-7-23-8-10-24(11-9-23)25-12-14-26(15-13-25)34(53)45-28(18-47)36(55)42-20(2)32(51)40-17-30(50)46-31(22(4)48)37(56)43-21(3)33(52)44-27(16-29(39)49)35(54)41-19-38(57)58/h8-15,20-22,27-28,31,47-48,57-58H,5-7,16-19H2,1-4H3,(H2,39,49)(H,40,51)(H,41,54)(H,42,55)(H,43,56)(H,44,52)(H,45,53)(H,46,50)/t20-,21+,22?,27+,28-,31+/m1/s1. The number of hydrogen-bond acceptors (Lipinski definition) is 12. The maximum absolute atomic E-state index is 12.9. The zero-order chi connectivity index (χ0) is 43.5. The first kappa shape index (κ1) is 48.3. The number of nitrogens with one attached hydrogen (secondary N) is 7. The maximum atomic E-state index is 12.9. The smallest absolute Gasteiger partial charge is 0.426 e. The van der Waals surface area contributed by atoms with Crippen LogP contribution in [0.3, 0.4) is 0 Å². The minimum atomic E-state index is -1.91. The minimum absolute atomic E-state index is 0.226. The van der Waals surface area contributed by atoms with E-state index in [9.17, 15) is 48.6 Å². The lowest BCUT2D eigenvalue weighted by molar-refractivity contribution is -0.135. The Morgan fingerprint density at radius 1 is 0.690 bits per heavy atom. The van der Waals surface area contributed by atoms with Crippen LogP contribution in [-0.4, -0.2) is 131 Å². The number of hydrogen-bond donors (Lipinski definition) is 12. The van der Waals surface area contributed by atoms with Crippen LogP contribution in [0.25, 0.3) is 11.1 Å². The van der Waals surface area contributed by atoms with Gasteiger partial charge in [0.05, 0.1) is 32.1 Å². The topological polar surface area (TPSA) is 328 Å². The molecule has 0 bridgehead atoms. The van der Waals surface area contributed by atoms with Gasteiger partial charge in [-0.2, -0.15) is 0 Å². The second-order valence-electron chi connectivity index (χ2n) is 13.5. The Morgan fingerprint density at radius 3 is 1.79 bits per heavy atom. The highest BCUT2D eigenvalue weighted by molar-refractivity contribution is 6.41. The molecule has 13 N–H and O–H groups in total. The molecule has 21 heteroatoms. The van der Waals surface area contributed by atoms with Crippen LogP contribution in [-0.2, 0) is 40.0 Å². The molecular formula is C37H53BN8O12. The third kappa shape index (κ3) is 16.3. The molecule has 0 heterocycles. The maximum Gasteiger partial charge on any atom is 0.472 e. The van der Waals surface area contributed by atoms with Gasteiger partial charge in [-0.05, 0) is 62.4 Å². The van der Waals surface area contributed by atoms with E-state index in [0.717, 1.165) is 37.3 Å². The summed E-state index contributed by atoms with van der Waals surface area (Å²) in [5, 5.41) is 53.6. The van der Waals surface area contributed by atoms with Crippen LogP contribution in [0.2, 0.25) is 0 Å². The third-order valence-corrected chi connectivity index (χ3v) is 8.56. The van der Waals surface area contributed by atoms with E-state index in [-0.39, 0.29) is 5.56 Å². The van der Waals surface area contributed by atoms with Crippen molar-refractivity contribution in [1.82, 2.24) is 37.2 Å². The van der Waals surface area contributed by atoms with Gasteiger partial charge in [0.15, 0.2) is 0 Å². The van der Waals surface area contributed by atoms with Gasteiger partial charge in [0.2, 0.25) is 41.4 Å². The lowest BCUT2D eigenvalue weighted by Crippen LogP contribution is -2.59. The van der Waals surface area contributed by atoms with Crippen LogP contribution in [0, 0.1) is 0 Å². The van der Waals surface area contributed by atoms with Gasteiger partial charge in [0.25, 0.3) is 5.91 Å². The van der Waals surface area contributed by atoms with Gasteiger partial charge in [-0.1, -0.05) is 49.7 Å². The lowest BCUT2D eigenvalue weighted by Gasteiger charge is -2.24. The van der Waals surface area contributed by atoms with Gasteiger partial charge in [0, 0.05) is 5.56 Å². The number of amides is 8. The molecule has 8 amide bonds. The fourth-order valence-electron chi connectivity index (χ4n) is 5.22. The zero-order valence-corrected chi connectivity index (χ0v) is 32.7. The Labute approximate surface area is 335 Å². The molecule has 0 aromatic heterocycles. The second-order valence-corrected chi connectivity index (χ2v) is 13.5. The number of benzene rings is 2. The number of aliphatic hydroxyl groups is 2. The van der Waals surface area contributed by atoms with Crippen molar-refractivity contribution in [3.8, 4) is 11.1 Å². The van der Waals surface area contributed by atoms with Crippen LogP contribution in [0.4, 0.5) is 0 Å². The average molecular weight is 813 g/mol. The SMILES string of the molecule is CCCCc1ccc(-c2ccc(C(=O)N[C@H](CO)C(=O)N[C@H](C)C(=O)NCC(=O)N[C@H](C(=O)N[C@@H](C)C(=O)N[C@@H](CC(N)=O)C(=O)NCB(O)O)C(C)O)cc2)cc1. The van der Waals surface area contributed by atoms with Crippen molar-refractivity contribution >= 4 is 54.4 Å². The van der Waals surface area contributed by atoms with Gasteiger partial charge >= 0.3 is 7.12 Å². The predicted molar refractivity (Wildman–Crippen MR) is 210 cm³/mol. The van der Waals surface area contributed by atoms with Crippen LogP contribution in [0.5, 0.6) is 0 Å². The van der Waals surface area contributed by atoms with Crippen molar-refractivity contribution in [2.45, 2.75) is 89.7 Å². The van der Waals surface area contributed by atoms with Gasteiger partial charge in [0.1, 0.15) is 30.2 Å². The average Bonchev–Trinajstić information content (AvgIpc) is 3.18. The zero-order valence-electron chi connectivity index (χ0n) is 32.7. The molecule has 316 valence electrons. The highest BCUT2D eigenvalue weighted by Crippen LogP contribution is 2.21. The summed E-state index contributed by atoms with van der Waals surface area (Å²) < 4.78 is 0. The lowest BCUT2D eigenvalue weighted by atomic mass is 9.92. The molecule has 0 radical (unpaired) electrons. The summed E-state index contributed by atoms with van der Waals surface area (Å²) in [6, 6.07) is 7.54. The fraction of sp³-hybridized carbons (Fsp3) is 0.459. The van der Waals surface area contributed by atoms with E-state index >= 15 is 0 Å². The molecule has 2 aromatic rings. The first-order chi connectivity index (χ1) is 27.4. The monoisotopic (exact) mass is 812 g/mol. The highest BCUT2D eigenvalue weighted by atomic mass is 16.4. The van der Waals surface area contributed by atoms with E-state index in [1.807, 2.05) is 12.1 Å². The molecule has 1 unspecified atom stereocenters. The highest BCUT2D eigenvalue weighted by Gasteiger charge is 2.31. The van der Waals surface area contributed by atoms with Crippen molar-refractivity contribution in [3.63, 3.8) is 0 Å². The summed E-state index contributed by atoms with van der Waals surface area (Å²) in [4.78, 5) is 100. The molecule has 2 rings (SSSR count). The molecule has 0 saturated carbocycles. The van der Waals surface area contributed by atoms with Gasteiger partial charge in [-0.25, -0.2) is 0 Å². The molecule has 2 aromatic carbocycles. The molecule has 0 aliphatic heterocycles. The summed E-state index contributed by atoms with van der Waals surface area (Å²) in [6.07, 6.45) is 0.407. The van der Waals surface area contributed by atoms with E-state index < -0.39 is 117 Å². The van der Waals surface area contributed by atoms with Crippen LogP contribution < -0.4 is 43.0 Å². The fourth-order valence-corrected chi connectivity index (χ4v) is 5.22. The number of carbonyl (C=O) groups is 8. The van der Waals surface area contributed by atoms with E-state index in [1.54, 1.807) is 24.3 Å². The van der Waals surface area contributed by atoms with Crippen molar-refractivity contribution < 1.29 is 58.6 Å². The van der Waals surface area contributed by atoms with Crippen LogP contribution in [0.1, 0.15) is 62.9 Å². The van der Waals surface area contributed by atoms with E-state index in [0.29, 0.717) is 0 Å². The predicted octanol–water partition coefficient (Wildman–Crippen LogP) is -3.73. The first-order valence-corrected chi connectivity index (χ1v) is 18.6. The van der Waals surface area contributed by atoms with E-state index in [2.05, 4.69) is 56.3 Å². The van der Waals surface area contributed by atoms with Crippen molar-refractivity contribution in [2.24, 2.45) is 5.73 Å². The summed E-state index contributed by atoms with van der Waals surface area (Å²) in [5.41, 5.74) is 8.43. The number of rotatable bonds is 23. The quantitative estimate of drug-likeness (QED) is 0.0482. The number of aliphatic hydroxyl groups excluding tert-OH is 2. The van der Waals surface area contributed by atoms with Crippen LogP contribution in [0.15, 0.2) is 48.5 Å². The molecule has 6 atom stereocenters. The summed E-state index contributed by atoms with van der Waals surface area (Å²) in [5.74, 6) is -7.31. The molecule has 0 saturated heterocycles. The first-order valence-electron chi connectivity index (χ1n) is 18.6. The number of aryl methyl sites for hydroxylation is 1. The Kier molecular flexibility index (Phi) is 20.0. The van der Waals surface area contributed by atoms with Gasteiger partial charge < -0.3 is 63.2 Å². The Balaban J connectivity index is 1.89. The Morgan fingerprint density at radius 2 is 1.26 bits per heavy atom. The van der Waals surface area contributed by atoms with Crippen molar-refractivity contribution in [2.75, 3.05) is 19.6 Å². The third-order valence-electron chi connectivity index (χ3n) is 8.56. The minimum Gasteiger partial charge on any atom is -0.426 e. The normalized spacial score (nSPS) is 13.9. The largest absolute Gasteiger partial charge is 0.472 e. The van der Waals surface area contributed by atoms with Gasteiger partial charge in [-0.15, -0.1) is 0 Å². The summed E-state index contributed by atoms with van der Waals surface area (Å²) in [6.45, 7) is 4.25. The second kappa shape index (κ2) is 24.0. The molecule has 0 fully saturated rings. The van der Waals surface area contributed by atoms with Gasteiger partial charge in [-0.3, -0.25) is 38.4 Å². The number of carbonyl (C=O) groups excluding carboxylic acids is 8. The van der Waals surface area contributed by atoms with Crippen molar-refractivity contribution in [1.29, 1.82) is 0 Å². The molecule has 0 aliphatic rings. The molecular weight excluding hydrogens is 759 g/mol. The molecule has 0 aliphatic carbocycles. The number of primary amides is 1. The molecule has 0 spiro atoms. The van der Waals surface area contributed by atoms with E-state index in [1.165, 1.54) is 19.4 Å². The Hall–Kier alpha value is -5.90. The summed E-state index contributed by atoms with van der Waals surface area (Å²) in [7, 11) is -1.91. The molecule has 58 heavy (non-hydrogen) atoms. The van der Waals surface area contributed by atoms with Crippen LogP contribution >= 0.6 is 0 Å². The number of unbranched alkanes of at least 4 members (excludes halogenated alkanes) is 1. The Bertz CT molecular complexity index is 1740. The summed E-state index contributed by atoms with van der Waals surface area (Å²) >= 11 is 0. The van der Waals surface area contributed by atoms with E-state index in [4.69, 9.17) is 15.8 Å². The van der Waals surface area contributed by atoms with Crippen molar-refractivity contribution in [3.05, 3.63) is 59.7 Å². The number of nitrogens with two attached hydrogens (primary N) is 1. The molecule has 20 nitrogen and oxygen atoms in total.